The van der Waals surface area contributed by atoms with E-state index in [4.69, 9.17) is 0 Å². The first-order chi connectivity index (χ1) is 14.7. The van der Waals surface area contributed by atoms with E-state index >= 15 is 0 Å². The molecule has 4 rings (SSSR count). The Balaban J connectivity index is 1.53. The molecule has 2 aliphatic heterocycles. The van der Waals surface area contributed by atoms with Crippen molar-refractivity contribution >= 4 is 33.4 Å². The van der Waals surface area contributed by atoms with Gasteiger partial charge in [0.25, 0.3) is 15.9 Å². The number of carbonyl (C=O) groups is 3. The Morgan fingerprint density at radius 3 is 2.42 bits per heavy atom. The normalized spacial score (nSPS) is 18.9. The number of sulfonamides is 1. The van der Waals surface area contributed by atoms with Crippen molar-refractivity contribution in [3.8, 4) is 0 Å². The van der Waals surface area contributed by atoms with Crippen LogP contribution in [0, 0.1) is 0 Å². The molecule has 2 N–H and O–H groups in total. The molecule has 1 saturated heterocycles. The molecule has 0 radical (unpaired) electrons. The molecule has 0 saturated carbocycles. The van der Waals surface area contributed by atoms with Crippen LogP contribution in [0.15, 0.2) is 47.4 Å². The van der Waals surface area contributed by atoms with E-state index < -0.39 is 22.0 Å². The van der Waals surface area contributed by atoms with Crippen molar-refractivity contribution < 1.29 is 22.8 Å². The lowest BCUT2D eigenvalue weighted by Gasteiger charge is -2.29. The van der Waals surface area contributed by atoms with Gasteiger partial charge in [-0.2, -0.15) is 0 Å². The molecule has 162 valence electrons. The van der Waals surface area contributed by atoms with E-state index in [0.717, 1.165) is 5.56 Å². The van der Waals surface area contributed by atoms with E-state index in [1.807, 2.05) is 13.8 Å². The summed E-state index contributed by atoms with van der Waals surface area (Å²) in [5.74, 6) is -0.832. The van der Waals surface area contributed by atoms with Crippen LogP contribution in [-0.4, -0.2) is 37.1 Å². The van der Waals surface area contributed by atoms with E-state index in [1.165, 1.54) is 11.0 Å². The molecule has 1 unspecified atom stereocenters. The molecule has 2 aromatic rings. The number of carbonyl (C=O) groups excluding carboxylic acids is 3. The van der Waals surface area contributed by atoms with Gasteiger partial charge in [0.1, 0.15) is 6.04 Å². The fourth-order valence-corrected chi connectivity index (χ4v) is 4.93. The van der Waals surface area contributed by atoms with Crippen LogP contribution >= 0.6 is 0 Å². The number of amides is 3. The molecule has 0 spiro atoms. The lowest BCUT2D eigenvalue weighted by atomic mass is 10.0. The molecule has 8 nitrogen and oxygen atoms in total. The highest BCUT2D eigenvalue weighted by atomic mass is 32.2. The maximum atomic E-state index is 12.8. The summed E-state index contributed by atoms with van der Waals surface area (Å²) in [6, 6.07) is 10.7. The van der Waals surface area contributed by atoms with Crippen molar-refractivity contribution in [2.24, 2.45) is 0 Å². The number of imide groups is 1. The Labute approximate surface area is 180 Å². The molecule has 0 bridgehead atoms. The minimum Gasteiger partial charge on any atom is -0.322 e. The topological polar surface area (TPSA) is 113 Å². The smallest absolute Gasteiger partial charge is 0.261 e. The summed E-state index contributed by atoms with van der Waals surface area (Å²) in [4.78, 5) is 37.9. The van der Waals surface area contributed by atoms with Gasteiger partial charge in [-0.25, -0.2) is 8.42 Å². The van der Waals surface area contributed by atoms with Crippen molar-refractivity contribution in [2.75, 3.05) is 4.72 Å². The third-order valence-electron chi connectivity index (χ3n) is 5.63. The zero-order chi connectivity index (χ0) is 22.3. The zero-order valence-electron chi connectivity index (χ0n) is 17.2. The van der Waals surface area contributed by atoms with Gasteiger partial charge < -0.3 is 4.90 Å². The van der Waals surface area contributed by atoms with Crippen molar-refractivity contribution in [1.29, 1.82) is 0 Å². The van der Waals surface area contributed by atoms with Crippen molar-refractivity contribution in [1.82, 2.24) is 10.2 Å². The minimum atomic E-state index is -3.79. The zero-order valence-corrected chi connectivity index (χ0v) is 18.0. The maximum Gasteiger partial charge on any atom is 0.261 e. The van der Waals surface area contributed by atoms with Gasteiger partial charge in [0.15, 0.2) is 0 Å². The molecule has 31 heavy (non-hydrogen) atoms. The Kier molecular flexibility index (Phi) is 5.30. The number of rotatable bonds is 5. The van der Waals surface area contributed by atoms with Crippen LogP contribution in [0.4, 0.5) is 5.69 Å². The summed E-state index contributed by atoms with van der Waals surface area (Å²) in [5, 5.41) is 2.26. The minimum absolute atomic E-state index is 0.152. The maximum absolute atomic E-state index is 12.8. The Morgan fingerprint density at radius 2 is 1.77 bits per heavy atom. The third-order valence-corrected chi connectivity index (χ3v) is 7.03. The fourth-order valence-electron chi connectivity index (χ4n) is 3.88. The third kappa shape index (κ3) is 4.05. The average Bonchev–Trinajstić information content (AvgIpc) is 3.03. The van der Waals surface area contributed by atoms with Crippen LogP contribution in [0.5, 0.6) is 0 Å². The highest BCUT2D eigenvalue weighted by Crippen LogP contribution is 2.30. The van der Waals surface area contributed by atoms with Crippen LogP contribution < -0.4 is 10.0 Å². The summed E-state index contributed by atoms with van der Waals surface area (Å²) < 4.78 is 28.1. The Bertz CT molecular complexity index is 1170. The first-order valence-electron chi connectivity index (χ1n) is 10.1. The summed E-state index contributed by atoms with van der Waals surface area (Å²) in [5.41, 5.74) is 2.44. The summed E-state index contributed by atoms with van der Waals surface area (Å²) in [6.45, 7) is 4.25. The number of fused-ring (bicyclic) bond motifs is 1. The quantitative estimate of drug-likeness (QED) is 0.692. The van der Waals surface area contributed by atoms with E-state index in [9.17, 15) is 22.8 Å². The lowest BCUT2D eigenvalue weighted by molar-refractivity contribution is -0.136. The van der Waals surface area contributed by atoms with E-state index in [1.54, 1.807) is 36.4 Å². The molecular weight excluding hydrogens is 418 g/mol. The number of hydrogen-bond acceptors (Lipinski definition) is 5. The molecule has 2 heterocycles. The predicted octanol–water partition coefficient (Wildman–Crippen LogP) is 2.37. The number of piperidine rings is 1. The van der Waals surface area contributed by atoms with Gasteiger partial charge in [-0.15, -0.1) is 0 Å². The monoisotopic (exact) mass is 441 g/mol. The molecule has 2 aliphatic rings. The SMILES string of the molecule is CC(C)c1ccc(S(=O)(=O)Nc2ccc3c(c2)CN(C2CCC(=O)NC2=O)C3=O)cc1. The van der Waals surface area contributed by atoms with Gasteiger partial charge in [-0.05, 0) is 53.8 Å². The first-order valence-corrected chi connectivity index (χ1v) is 11.5. The number of nitrogens with one attached hydrogen (secondary N) is 2. The Hall–Kier alpha value is -3.20. The highest BCUT2D eigenvalue weighted by molar-refractivity contribution is 7.92. The summed E-state index contributed by atoms with van der Waals surface area (Å²) in [6.07, 6.45) is 0.452. The van der Waals surface area contributed by atoms with E-state index in [-0.39, 0.29) is 36.1 Å². The first kappa shape index (κ1) is 21.0. The van der Waals surface area contributed by atoms with Crippen LogP contribution in [0.25, 0.3) is 0 Å². The molecule has 3 amide bonds. The van der Waals surface area contributed by atoms with E-state index in [2.05, 4.69) is 10.0 Å². The fraction of sp³-hybridized carbons (Fsp3) is 0.318. The van der Waals surface area contributed by atoms with Crippen LogP contribution in [-0.2, 0) is 26.2 Å². The van der Waals surface area contributed by atoms with Gasteiger partial charge in [0, 0.05) is 24.2 Å². The van der Waals surface area contributed by atoms with Crippen LogP contribution in [0.2, 0.25) is 0 Å². The van der Waals surface area contributed by atoms with E-state index in [0.29, 0.717) is 22.7 Å². The van der Waals surface area contributed by atoms with Crippen LogP contribution in [0.1, 0.15) is 54.1 Å². The molecule has 9 heteroatoms. The Morgan fingerprint density at radius 1 is 1.06 bits per heavy atom. The van der Waals surface area contributed by atoms with Crippen LogP contribution in [0.3, 0.4) is 0 Å². The molecular formula is C22H23N3O5S. The molecule has 0 aliphatic carbocycles. The number of benzene rings is 2. The lowest BCUT2D eigenvalue weighted by Crippen LogP contribution is -2.52. The number of anilines is 1. The van der Waals surface area contributed by atoms with Gasteiger partial charge in [0.2, 0.25) is 11.8 Å². The average molecular weight is 442 g/mol. The largest absolute Gasteiger partial charge is 0.322 e. The standard InChI is InChI=1S/C22H23N3O5S/c1-13(2)14-3-6-17(7-4-14)31(29,30)24-16-5-8-18-15(11-16)12-25(22(18)28)19-9-10-20(26)23-21(19)27/h3-8,11,13,19,24H,9-10,12H2,1-2H3,(H,23,26,27). The molecule has 1 atom stereocenters. The summed E-state index contributed by atoms with van der Waals surface area (Å²) in [7, 11) is -3.79. The highest BCUT2D eigenvalue weighted by Gasteiger charge is 2.39. The second kappa shape index (κ2) is 7.81. The van der Waals surface area contributed by atoms with Crippen molar-refractivity contribution in [3.05, 3.63) is 59.2 Å². The van der Waals surface area contributed by atoms with Crippen molar-refractivity contribution in [2.45, 2.75) is 50.1 Å². The summed E-state index contributed by atoms with van der Waals surface area (Å²) >= 11 is 0. The second-order valence-corrected chi connectivity index (χ2v) is 9.78. The van der Waals surface area contributed by atoms with Gasteiger partial charge in [-0.1, -0.05) is 26.0 Å². The second-order valence-electron chi connectivity index (χ2n) is 8.10. The molecule has 1 fully saturated rings. The number of nitrogens with zero attached hydrogens (tertiary/aromatic N) is 1. The van der Waals surface area contributed by atoms with Gasteiger partial charge in [0.05, 0.1) is 4.90 Å². The van der Waals surface area contributed by atoms with Crippen molar-refractivity contribution in [3.63, 3.8) is 0 Å². The van der Waals surface area contributed by atoms with Gasteiger partial charge >= 0.3 is 0 Å². The molecule has 0 aromatic heterocycles. The predicted molar refractivity (Wildman–Crippen MR) is 114 cm³/mol. The molecule has 2 aromatic carbocycles. The number of hydrogen-bond donors (Lipinski definition) is 2. The van der Waals surface area contributed by atoms with Gasteiger partial charge in [-0.3, -0.25) is 24.4 Å².